The second-order valence-electron chi connectivity index (χ2n) is 6.31. The van der Waals surface area contributed by atoms with E-state index in [4.69, 9.17) is 0 Å². The topological polar surface area (TPSA) is 82.3 Å². The van der Waals surface area contributed by atoms with Gasteiger partial charge < -0.3 is 10.6 Å². The van der Waals surface area contributed by atoms with E-state index in [1.807, 2.05) is 16.2 Å². The summed E-state index contributed by atoms with van der Waals surface area (Å²) in [6.45, 7) is 0. The molecule has 0 bridgehead atoms. The first-order chi connectivity index (χ1) is 12.9. The molecule has 0 saturated heterocycles. The van der Waals surface area contributed by atoms with Gasteiger partial charge in [0, 0.05) is 11.7 Å². The predicted molar refractivity (Wildman–Crippen MR) is 87.1 cm³/mol. The quantitative estimate of drug-likeness (QED) is 0.429. The van der Waals surface area contributed by atoms with Crippen LogP contribution in [0.3, 0.4) is 0 Å². The summed E-state index contributed by atoms with van der Waals surface area (Å²) in [5.41, 5.74) is -0.0199. The number of hydrogen-bond acceptors (Lipinski definition) is 2. The van der Waals surface area contributed by atoms with Crippen LogP contribution in [0.5, 0.6) is 0 Å². The molecule has 2 rings (SSSR count). The van der Waals surface area contributed by atoms with E-state index in [9.17, 15) is 35.9 Å². The maximum Gasteiger partial charge on any atom is 0.416 e. The van der Waals surface area contributed by atoms with Crippen molar-refractivity contribution in [2.75, 3.05) is 5.32 Å². The molecule has 4 N–H and O–H groups in total. The fourth-order valence-electron chi connectivity index (χ4n) is 2.77. The van der Waals surface area contributed by atoms with Crippen molar-refractivity contribution in [1.82, 2.24) is 16.2 Å². The molecule has 1 aromatic carbocycles. The van der Waals surface area contributed by atoms with Gasteiger partial charge in [0.25, 0.3) is 0 Å². The minimum atomic E-state index is -5.04. The predicted octanol–water partition coefficient (Wildman–Crippen LogP) is 4.39. The van der Waals surface area contributed by atoms with Gasteiger partial charge in [-0.1, -0.05) is 19.3 Å². The molecule has 12 heteroatoms. The Hall–Kier alpha value is -2.66. The highest BCUT2D eigenvalue weighted by molar-refractivity contribution is 5.91. The zero-order valence-electron chi connectivity index (χ0n) is 14.4. The molecule has 0 spiro atoms. The zero-order chi connectivity index (χ0) is 20.9. The highest BCUT2D eigenvalue weighted by atomic mass is 19.4. The van der Waals surface area contributed by atoms with Gasteiger partial charge in [0.05, 0.1) is 11.1 Å². The molecule has 0 atom stereocenters. The monoisotopic (exact) mass is 412 g/mol. The molecule has 0 unspecified atom stereocenters. The fraction of sp³-hybridized carbons (Fsp3) is 0.500. The molecule has 156 valence electrons. The summed E-state index contributed by atoms with van der Waals surface area (Å²) in [4.78, 5) is 23.4. The van der Waals surface area contributed by atoms with Crippen LogP contribution >= 0.6 is 0 Å². The number of benzene rings is 1. The number of rotatable bonds is 2. The molecular formula is C16H18F6N4O2. The number of carbonyl (C=O) groups excluding carboxylic acids is 2. The number of hydrogen-bond donors (Lipinski definition) is 4. The zero-order valence-corrected chi connectivity index (χ0v) is 14.4. The molecule has 1 aliphatic rings. The van der Waals surface area contributed by atoms with Crippen LogP contribution in [0.4, 0.5) is 41.6 Å². The standard InChI is InChI=1S/C16H18F6N4O2/c17-15(18,19)9-6-10(16(20,21)22)8-12(7-9)24-14(28)26-25-13(27)23-11-4-2-1-3-5-11/h6-8,11H,1-5H2,(H2,23,25,27)(H2,24,26,28). The van der Waals surface area contributed by atoms with E-state index < -0.39 is 41.2 Å². The minimum absolute atomic E-state index is 0.0566. The van der Waals surface area contributed by atoms with E-state index in [1.165, 1.54) is 0 Å². The second-order valence-corrected chi connectivity index (χ2v) is 6.31. The Morgan fingerprint density at radius 2 is 1.29 bits per heavy atom. The molecule has 0 aromatic heterocycles. The Morgan fingerprint density at radius 3 is 1.79 bits per heavy atom. The summed E-state index contributed by atoms with van der Waals surface area (Å²) >= 11 is 0. The van der Waals surface area contributed by atoms with Crippen molar-refractivity contribution in [2.24, 2.45) is 0 Å². The number of carbonyl (C=O) groups is 2. The first-order valence-corrected chi connectivity index (χ1v) is 8.38. The second kappa shape index (κ2) is 8.57. The number of alkyl halides is 6. The smallest absolute Gasteiger partial charge is 0.334 e. The number of urea groups is 2. The van der Waals surface area contributed by atoms with Gasteiger partial charge in [-0.2, -0.15) is 26.3 Å². The Labute approximate surface area is 156 Å². The first kappa shape index (κ1) is 21.6. The third kappa shape index (κ3) is 6.50. The summed E-state index contributed by atoms with van der Waals surface area (Å²) in [5.74, 6) is 0. The van der Waals surface area contributed by atoms with Crippen LogP contribution < -0.4 is 21.5 Å². The van der Waals surface area contributed by atoms with E-state index in [-0.39, 0.29) is 12.1 Å². The van der Waals surface area contributed by atoms with Crippen LogP contribution in [0.1, 0.15) is 43.2 Å². The molecule has 0 radical (unpaired) electrons. The Kier molecular flexibility index (Phi) is 6.62. The van der Waals surface area contributed by atoms with Crippen LogP contribution in [-0.4, -0.2) is 18.1 Å². The third-order valence-electron chi connectivity index (χ3n) is 4.08. The van der Waals surface area contributed by atoms with Crippen molar-refractivity contribution in [3.63, 3.8) is 0 Å². The van der Waals surface area contributed by atoms with Crippen LogP contribution in [0.15, 0.2) is 18.2 Å². The molecule has 0 aliphatic heterocycles. The van der Waals surface area contributed by atoms with Gasteiger partial charge in [0.2, 0.25) is 0 Å². The van der Waals surface area contributed by atoms with Gasteiger partial charge in [-0.25, -0.2) is 20.4 Å². The van der Waals surface area contributed by atoms with E-state index in [1.54, 1.807) is 0 Å². The van der Waals surface area contributed by atoms with E-state index in [0.29, 0.717) is 12.1 Å². The third-order valence-corrected chi connectivity index (χ3v) is 4.08. The van der Waals surface area contributed by atoms with Gasteiger partial charge in [-0.05, 0) is 31.0 Å². The number of amides is 4. The van der Waals surface area contributed by atoms with Crippen molar-refractivity contribution < 1.29 is 35.9 Å². The molecule has 0 heterocycles. The lowest BCUT2D eigenvalue weighted by molar-refractivity contribution is -0.143. The molecule has 1 aromatic rings. The van der Waals surface area contributed by atoms with Crippen molar-refractivity contribution in [3.05, 3.63) is 29.3 Å². The van der Waals surface area contributed by atoms with Gasteiger partial charge in [0.1, 0.15) is 0 Å². The fourth-order valence-corrected chi connectivity index (χ4v) is 2.77. The number of anilines is 1. The van der Waals surface area contributed by atoms with Crippen LogP contribution in [0.2, 0.25) is 0 Å². The van der Waals surface area contributed by atoms with Crippen LogP contribution in [0, 0.1) is 0 Å². The summed E-state index contributed by atoms with van der Waals surface area (Å²) in [5, 5.41) is 4.44. The van der Waals surface area contributed by atoms with Gasteiger partial charge in [-0.3, -0.25) is 0 Å². The van der Waals surface area contributed by atoms with Gasteiger partial charge in [0.15, 0.2) is 0 Å². The van der Waals surface area contributed by atoms with Gasteiger partial charge >= 0.3 is 24.4 Å². The average Bonchev–Trinajstić information content (AvgIpc) is 2.59. The average molecular weight is 412 g/mol. The van der Waals surface area contributed by atoms with Gasteiger partial charge in [-0.15, -0.1) is 0 Å². The van der Waals surface area contributed by atoms with Crippen LogP contribution in [-0.2, 0) is 12.4 Å². The summed E-state index contributed by atoms with van der Waals surface area (Å²) in [7, 11) is 0. The van der Waals surface area contributed by atoms with Crippen molar-refractivity contribution in [2.45, 2.75) is 50.5 Å². The first-order valence-electron chi connectivity index (χ1n) is 8.38. The highest BCUT2D eigenvalue weighted by Gasteiger charge is 2.37. The lowest BCUT2D eigenvalue weighted by Crippen LogP contribution is -2.51. The molecule has 28 heavy (non-hydrogen) atoms. The molecular weight excluding hydrogens is 394 g/mol. The van der Waals surface area contributed by atoms with E-state index in [2.05, 4.69) is 5.32 Å². The molecule has 6 nitrogen and oxygen atoms in total. The number of hydrazine groups is 1. The summed E-state index contributed by atoms with van der Waals surface area (Å²) in [6, 6.07) is -1.34. The maximum absolute atomic E-state index is 12.8. The van der Waals surface area contributed by atoms with E-state index >= 15 is 0 Å². The molecule has 1 saturated carbocycles. The van der Waals surface area contributed by atoms with Crippen molar-refractivity contribution in [1.29, 1.82) is 0 Å². The normalized spacial score (nSPS) is 15.6. The summed E-state index contributed by atoms with van der Waals surface area (Å²) < 4.78 is 76.7. The Bertz CT molecular complexity index is 682. The SMILES string of the molecule is O=C(NNC(=O)NC1CCCCC1)Nc1cc(C(F)(F)F)cc(C(F)(F)F)c1. The van der Waals surface area contributed by atoms with Crippen LogP contribution in [0.25, 0.3) is 0 Å². The maximum atomic E-state index is 12.8. The van der Waals surface area contributed by atoms with Crippen molar-refractivity contribution >= 4 is 17.7 Å². The number of halogens is 6. The summed E-state index contributed by atoms with van der Waals surface area (Å²) in [6.07, 6.45) is -5.53. The Balaban J connectivity index is 1.97. The lowest BCUT2D eigenvalue weighted by Gasteiger charge is -2.22. The highest BCUT2D eigenvalue weighted by Crippen LogP contribution is 2.37. The Morgan fingerprint density at radius 1 is 0.786 bits per heavy atom. The molecule has 1 aliphatic carbocycles. The largest absolute Gasteiger partial charge is 0.416 e. The minimum Gasteiger partial charge on any atom is -0.334 e. The number of nitrogens with one attached hydrogen (secondary N) is 4. The van der Waals surface area contributed by atoms with Crippen molar-refractivity contribution in [3.8, 4) is 0 Å². The molecule has 1 fully saturated rings. The van der Waals surface area contributed by atoms with E-state index in [0.717, 1.165) is 32.1 Å². The molecule has 4 amide bonds. The lowest BCUT2D eigenvalue weighted by atomic mass is 9.96.